The molecule has 0 bridgehead atoms. The summed E-state index contributed by atoms with van der Waals surface area (Å²) in [6.07, 6.45) is 7.98. The maximum absolute atomic E-state index is 11.7. The van der Waals surface area contributed by atoms with Crippen LogP contribution in [0.1, 0.15) is 23.1 Å². The number of hydrogen-bond acceptors (Lipinski definition) is 5. The van der Waals surface area contributed by atoms with Gasteiger partial charge in [-0.1, -0.05) is 6.08 Å². The van der Waals surface area contributed by atoms with Gasteiger partial charge in [-0.05, 0) is 48.6 Å². The van der Waals surface area contributed by atoms with E-state index in [1.807, 2.05) is 18.2 Å². The molecule has 0 unspecified atom stereocenters. The average Bonchev–Trinajstić information content (AvgIpc) is 3.16. The van der Waals surface area contributed by atoms with Crippen LogP contribution in [0.4, 0.5) is 0 Å². The van der Waals surface area contributed by atoms with Gasteiger partial charge in [0.25, 0.3) is 0 Å². The quantitative estimate of drug-likeness (QED) is 0.492. The fourth-order valence-corrected chi connectivity index (χ4v) is 2.84. The summed E-state index contributed by atoms with van der Waals surface area (Å²) in [5.74, 6) is 0.196. The van der Waals surface area contributed by atoms with Crippen LogP contribution in [0, 0.1) is 0 Å². The maximum Gasteiger partial charge on any atom is 0.338 e. The van der Waals surface area contributed by atoms with Crippen molar-refractivity contribution in [3.63, 3.8) is 0 Å². The van der Waals surface area contributed by atoms with Crippen molar-refractivity contribution in [2.24, 2.45) is 0 Å². The summed E-state index contributed by atoms with van der Waals surface area (Å²) < 4.78 is 4.97. The molecule has 2 heterocycles. The molecule has 1 aromatic heterocycles. The molecule has 1 aliphatic rings. The zero-order valence-corrected chi connectivity index (χ0v) is 15.8. The lowest BCUT2D eigenvalue weighted by Crippen LogP contribution is -3.25. The van der Waals surface area contributed by atoms with Crippen LogP contribution in [-0.2, 0) is 4.74 Å². The van der Waals surface area contributed by atoms with Gasteiger partial charge in [0, 0.05) is 0 Å². The highest BCUT2D eigenvalue weighted by Crippen LogP contribution is 2.09. The molecule has 2 N–H and O–H groups in total. The van der Waals surface area contributed by atoms with Crippen LogP contribution in [0.5, 0.6) is 0 Å². The molecule has 1 fully saturated rings. The number of nitrogens with zero attached hydrogens (tertiary/aromatic N) is 4. The number of rotatable bonds is 6. The predicted octanol–water partition coefficient (Wildman–Crippen LogP) is -1.22. The van der Waals surface area contributed by atoms with Gasteiger partial charge in [-0.2, -0.15) is 0 Å². The Hall–Kier alpha value is -2.84. The van der Waals surface area contributed by atoms with E-state index in [9.17, 15) is 4.79 Å². The maximum atomic E-state index is 11.7. The highest BCUT2D eigenvalue weighted by molar-refractivity contribution is 5.89. The number of carbonyl (C=O) groups excluding carboxylic acids is 1. The van der Waals surface area contributed by atoms with Crippen molar-refractivity contribution < 1.29 is 19.3 Å². The van der Waals surface area contributed by atoms with E-state index >= 15 is 0 Å². The van der Waals surface area contributed by atoms with Gasteiger partial charge < -0.3 is 9.64 Å². The molecule has 0 aliphatic carbocycles. The number of quaternary nitrogens is 2. The number of hydrogen-bond donors (Lipinski definition) is 2. The highest BCUT2D eigenvalue weighted by atomic mass is 16.5. The van der Waals surface area contributed by atoms with Crippen LogP contribution in [0.25, 0.3) is 11.8 Å². The summed E-state index contributed by atoms with van der Waals surface area (Å²) >= 11 is 0. The van der Waals surface area contributed by atoms with Gasteiger partial charge in [0.15, 0.2) is 5.82 Å². The van der Waals surface area contributed by atoms with Crippen LogP contribution in [-0.4, -0.2) is 66.0 Å². The third-order valence-electron chi connectivity index (χ3n) is 4.47. The first-order valence-corrected chi connectivity index (χ1v) is 9.24. The first-order chi connectivity index (χ1) is 13.2. The molecule has 0 saturated carbocycles. The third-order valence-corrected chi connectivity index (χ3v) is 4.47. The van der Waals surface area contributed by atoms with Crippen LogP contribution >= 0.6 is 0 Å². The van der Waals surface area contributed by atoms with E-state index in [0.717, 1.165) is 18.8 Å². The van der Waals surface area contributed by atoms with Gasteiger partial charge in [-0.3, -0.25) is 4.90 Å². The van der Waals surface area contributed by atoms with Crippen LogP contribution < -0.4 is 9.80 Å². The second-order valence-corrected chi connectivity index (χ2v) is 6.54. The monoisotopic (exact) mass is 370 g/mol. The Morgan fingerprint density at radius 2 is 1.93 bits per heavy atom. The Labute approximate surface area is 158 Å². The average molecular weight is 370 g/mol. The van der Waals surface area contributed by atoms with Crippen molar-refractivity contribution in [3.05, 3.63) is 54.0 Å². The molecule has 8 nitrogen and oxygen atoms in total. The van der Waals surface area contributed by atoms with E-state index in [-0.39, 0.29) is 5.97 Å². The smallest absolute Gasteiger partial charge is 0.338 e. The highest BCUT2D eigenvalue weighted by Gasteiger charge is 2.17. The van der Waals surface area contributed by atoms with Crippen molar-refractivity contribution in [1.82, 2.24) is 20.2 Å². The summed E-state index contributed by atoms with van der Waals surface area (Å²) in [7, 11) is 2.24. The van der Waals surface area contributed by atoms with Gasteiger partial charge in [0.05, 0.1) is 31.1 Å². The topological polar surface area (TPSA) is 78.8 Å². The van der Waals surface area contributed by atoms with Crippen molar-refractivity contribution in [2.45, 2.75) is 6.92 Å². The second kappa shape index (κ2) is 9.20. The molecule has 8 heteroatoms. The fourth-order valence-electron chi connectivity index (χ4n) is 2.84. The lowest BCUT2D eigenvalue weighted by atomic mass is 10.2. The Morgan fingerprint density at radius 3 is 2.63 bits per heavy atom. The number of esters is 1. The van der Waals surface area contributed by atoms with Gasteiger partial charge in [-0.25, -0.2) is 4.79 Å². The molecular weight excluding hydrogens is 344 g/mol. The second-order valence-electron chi connectivity index (χ2n) is 6.54. The van der Waals surface area contributed by atoms with Crippen molar-refractivity contribution >= 4 is 12.0 Å². The Kier molecular flexibility index (Phi) is 6.45. The number of ether oxygens (including phenoxy) is 1. The standard InChI is InChI=1S/C19H24N6O2/c1-3-27-19(26)16-7-9-17(10-8-16)25-21-18(20-22-25)6-4-5-11-24-14-12-23(2)13-15-24/h4-11H,3,12-15H2,1-2H3/p+2/b6-4+,11-5+. The first-order valence-electron chi connectivity index (χ1n) is 9.24. The Morgan fingerprint density at radius 1 is 1.19 bits per heavy atom. The third kappa shape index (κ3) is 5.32. The molecular formula is C19H26N6O2+2. The summed E-state index contributed by atoms with van der Waals surface area (Å²) in [6, 6.07) is 6.91. The number of benzene rings is 1. The molecule has 0 amide bonds. The molecule has 27 heavy (non-hydrogen) atoms. The number of aromatic nitrogens is 4. The summed E-state index contributed by atoms with van der Waals surface area (Å²) in [5.41, 5.74) is 1.23. The molecule has 3 rings (SSSR count). The molecule has 1 saturated heterocycles. The van der Waals surface area contributed by atoms with E-state index in [2.05, 4.69) is 28.7 Å². The molecule has 1 aliphatic heterocycles. The lowest BCUT2D eigenvalue weighted by molar-refractivity contribution is -0.980. The minimum atomic E-state index is -0.338. The van der Waals surface area contributed by atoms with Gasteiger partial charge in [0.1, 0.15) is 26.2 Å². The Balaban J connectivity index is 1.57. The molecule has 0 atom stereocenters. The molecule has 2 aromatic rings. The largest absolute Gasteiger partial charge is 0.462 e. The minimum Gasteiger partial charge on any atom is -0.462 e. The number of tetrazole rings is 1. The normalized spacial score (nSPS) is 20.4. The van der Waals surface area contributed by atoms with Crippen LogP contribution in [0.15, 0.2) is 42.6 Å². The van der Waals surface area contributed by atoms with Crippen molar-refractivity contribution in [2.75, 3.05) is 39.8 Å². The van der Waals surface area contributed by atoms with Crippen LogP contribution in [0.2, 0.25) is 0 Å². The van der Waals surface area contributed by atoms with Gasteiger partial charge in [0.2, 0.25) is 0 Å². The minimum absolute atomic E-state index is 0.338. The molecule has 0 spiro atoms. The number of piperazine rings is 1. The van der Waals surface area contributed by atoms with E-state index in [0.29, 0.717) is 18.0 Å². The summed E-state index contributed by atoms with van der Waals surface area (Å²) in [4.78, 5) is 16.2. The first kappa shape index (κ1) is 18.9. The van der Waals surface area contributed by atoms with Crippen molar-refractivity contribution in [3.8, 4) is 5.69 Å². The predicted molar refractivity (Wildman–Crippen MR) is 101 cm³/mol. The zero-order valence-electron chi connectivity index (χ0n) is 15.8. The van der Waals surface area contributed by atoms with E-state index in [1.165, 1.54) is 22.8 Å². The molecule has 142 valence electrons. The zero-order chi connectivity index (χ0) is 19.1. The number of carbonyl (C=O) groups is 1. The lowest BCUT2D eigenvalue weighted by Gasteiger charge is -2.24. The molecule has 1 aromatic carbocycles. The number of likely N-dealkylation sites (N-methyl/N-ethyl adjacent to an activating group) is 1. The van der Waals surface area contributed by atoms with Gasteiger partial charge in [-0.15, -0.1) is 15.0 Å². The molecule has 0 radical (unpaired) electrons. The summed E-state index contributed by atoms with van der Waals surface area (Å²) in [5, 5.41) is 12.4. The SMILES string of the molecule is CCOC(=O)c1ccc(-n2nnc(/C=C/C=C/[NH+]3CC[NH+](C)CC3)n2)cc1. The summed E-state index contributed by atoms with van der Waals surface area (Å²) in [6.45, 7) is 6.86. The number of nitrogens with one attached hydrogen (secondary N) is 2. The number of allylic oxidation sites excluding steroid dienone is 2. The van der Waals surface area contributed by atoms with E-state index < -0.39 is 0 Å². The van der Waals surface area contributed by atoms with Gasteiger partial charge >= 0.3 is 5.97 Å². The van der Waals surface area contributed by atoms with Crippen LogP contribution in [0.3, 0.4) is 0 Å². The van der Waals surface area contributed by atoms with E-state index in [1.54, 1.807) is 36.1 Å². The van der Waals surface area contributed by atoms with E-state index in [4.69, 9.17) is 4.74 Å². The fraction of sp³-hybridized carbons (Fsp3) is 0.368. The Bertz CT molecular complexity index is 804. The van der Waals surface area contributed by atoms with Crippen molar-refractivity contribution in [1.29, 1.82) is 0 Å².